The fourth-order valence-electron chi connectivity index (χ4n) is 1.77. The van der Waals surface area contributed by atoms with Crippen LogP contribution in [0.1, 0.15) is 20.3 Å². The van der Waals surface area contributed by atoms with Gasteiger partial charge in [0, 0.05) is 12.5 Å². The summed E-state index contributed by atoms with van der Waals surface area (Å²) in [4.78, 5) is 0. The first-order valence-corrected chi connectivity index (χ1v) is 6.77. The maximum Gasteiger partial charge on any atom is 0.203 e. The molecule has 0 spiro atoms. The standard InChI is InChI=1S/C15H25NO3/c1-5-9-16-10-12(2)11-19-15-13(17-3)7-6-8-14(15)18-4/h6-8,12,16H,5,9-11H2,1-4H3. The highest BCUT2D eigenvalue weighted by Gasteiger charge is 2.12. The van der Waals surface area contributed by atoms with E-state index in [1.165, 1.54) is 0 Å². The zero-order chi connectivity index (χ0) is 14.1. The normalized spacial score (nSPS) is 12.0. The number of hydrogen-bond acceptors (Lipinski definition) is 4. The molecule has 0 saturated carbocycles. The third kappa shape index (κ3) is 4.99. The Bertz CT molecular complexity index is 346. The number of rotatable bonds is 9. The van der Waals surface area contributed by atoms with Crippen molar-refractivity contribution in [2.75, 3.05) is 33.9 Å². The molecule has 0 fully saturated rings. The van der Waals surface area contributed by atoms with Gasteiger partial charge in [-0.05, 0) is 25.1 Å². The summed E-state index contributed by atoms with van der Waals surface area (Å²) in [6.45, 7) is 6.94. The molecular formula is C15H25NO3. The van der Waals surface area contributed by atoms with Crippen molar-refractivity contribution >= 4 is 0 Å². The van der Waals surface area contributed by atoms with Crippen LogP contribution in [0.3, 0.4) is 0 Å². The van der Waals surface area contributed by atoms with Gasteiger partial charge in [0.05, 0.1) is 20.8 Å². The first-order chi connectivity index (χ1) is 9.22. The highest BCUT2D eigenvalue weighted by molar-refractivity contribution is 5.51. The molecular weight excluding hydrogens is 242 g/mol. The molecule has 108 valence electrons. The van der Waals surface area contributed by atoms with Gasteiger partial charge in [-0.2, -0.15) is 0 Å². The number of ether oxygens (including phenoxy) is 3. The van der Waals surface area contributed by atoms with E-state index in [1.807, 2.05) is 18.2 Å². The molecule has 0 saturated heterocycles. The predicted octanol–water partition coefficient (Wildman–Crippen LogP) is 2.72. The van der Waals surface area contributed by atoms with Gasteiger partial charge in [-0.3, -0.25) is 0 Å². The lowest BCUT2D eigenvalue weighted by Gasteiger charge is -2.17. The minimum absolute atomic E-state index is 0.432. The van der Waals surface area contributed by atoms with E-state index in [-0.39, 0.29) is 0 Å². The molecule has 1 unspecified atom stereocenters. The Morgan fingerprint density at radius 2 is 1.79 bits per heavy atom. The summed E-state index contributed by atoms with van der Waals surface area (Å²) < 4.78 is 16.4. The van der Waals surface area contributed by atoms with Crippen molar-refractivity contribution in [2.45, 2.75) is 20.3 Å². The Morgan fingerprint density at radius 3 is 2.32 bits per heavy atom. The average molecular weight is 267 g/mol. The van der Waals surface area contributed by atoms with Crippen molar-refractivity contribution in [3.63, 3.8) is 0 Å². The Labute approximate surface area is 116 Å². The van der Waals surface area contributed by atoms with Crippen molar-refractivity contribution in [1.29, 1.82) is 0 Å². The van der Waals surface area contributed by atoms with E-state index in [1.54, 1.807) is 14.2 Å². The monoisotopic (exact) mass is 267 g/mol. The van der Waals surface area contributed by atoms with Gasteiger partial charge in [0.15, 0.2) is 11.5 Å². The van der Waals surface area contributed by atoms with Crippen LogP contribution in [0.4, 0.5) is 0 Å². The Morgan fingerprint density at radius 1 is 1.16 bits per heavy atom. The van der Waals surface area contributed by atoms with Crippen LogP contribution in [0.5, 0.6) is 17.2 Å². The van der Waals surface area contributed by atoms with Crippen LogP contribution in [0.25, 0.3) is 0 Å². The van der Waals surface area contributed by atoms with Crippen LogP contribution in [-0.4, -0.2) is 33.9 Å². The number of para-hydroxylation sites is 1. The molecule has 0 bridgehead atoms. The Hall–Kier alpha value is -1.42. The van der Waals surface area contributed by atoms with Crippen molar-refractivity contribution < 1.29 is 14.2 Å². The second-order valence-corrected chi connectivity index (χ2v) is 4.61. The summed E-state index contributed by atoms with van der Waals surface area (Å²) >= 11 is 0. The van der Waals surface area contributed by atoms with Gasteiger partial charge in [-0.15, -0.1) is 0 Å². The Balaban J connectivity index is 2.56. The van der Waals surface area contributed by atoms with E-state index in [4.69, 9.17) is 14.2 Å². The molecule has 0 heterocycles. The summed E-state index contributed by atoms with van der Waals surface area (Å²) in [5.41, 5.74) is 0. The van der Waals surface area contributed by atoms with Crippen LogP contribution in [0, 0.1) is 5.92 Å². The highest BCUT2D eigenvalue weighted by atomic mass is 16.5. The van der Waals surface area contributed by atoms with Crippen LogP contribution >= 0.6 is 0 Å². The number of benzene rings is 1. The molecule has 0 radical (unpaired) electrons. The van der Waals surface area contributed by atoms with E-state index >= 15 is 0 Å². The Kier molecular flexibility index (Phi) is 7.11. The molecule has 0 amide bonds. The van der Waals surface area contributed by atoms with Crippen LogP contribution in [0.15, 0.2) is 18.2 Å². The van der Waals surface area contributed by atoms with E-state index in [0.29, 0.717) is 29.8 Å². The molecule has 4 heteroatoms. The molecule has 0 aromatic heterocycles. The average Bonchev–Trinajstić information content (AvgIpc) is 2.44. The van der Waals surface area contributed by atoms with Crippen molar-refractivity contribution in [2.24, 2.45) is 5.92 Å². The van der Waals surface area contributed by atoms with Gasteiger partial charge in [-0.25, -0.2) is 0 Å². The molecule has 1 aromatic carbocycles. The number of methoxy groups -OCH3 is 2. The van der Waals surface area contributed by atoms with Crippen LogP contribution < -0.4 is 19.5 Å². The summed E-state index contributed by atoms with van der Waals surface area (Å²) in [5, 5.41) is 3.39. The predicted molar refractivity (Wildman–Crippen MR) is 77.4 cm³/mol. The zero-order valence-electron chi connectivity index (χ0n) is 12.4. The lowest BCUT2D eigenvalue weighted by molar-refractivity contribution is 0.232. The van der Waals surface area contributed by atoms with E-state index in [2.05, 4.69) is 19.2 Å². The van der Waals surface area contributed by atoms with Gasteiger partial charge in [-0.1, -0.05) is 19.9 Å². The SMILES string of the molecule is CCCNCC(C)COc1c(OC)cccc1OC. The van der Waals surface area contributed by atoms with Gasteiger partial charge in [0.1, 0.15) is 0 Å². The largest absolute Gasteiger partial charge is 0.493 e. The molecule has 4 nitrogen and oxygen atoms in total. The lowest BCUT2D eigenvalue weighted by atomic mass is 10.2. The lowest BCUT2D eigenvalue weighted by Crippen LogP contribution is -2.25. The van der Waals surface area contributed by atoms with Crippen molar-refractivity contribution in [3.05, 3.63) is 18.2 Å². The van der Waals surface area contributed by atoms with Crippen LogP contribution in [-0.2, 0) is 0 Å². The number of hydrogen-bond donors (Lipinski definition) is 1. The topological polar surface area (TPSA) is 39.7 Å². The second kappa shape index (κ2) is 8.64. The summed E-state index contributed by atoms with van der Waals surface area (Å²) in [6.07, 6.45) is 1.15. The molecule has 19 heavy (non-hydrogen) atoms. The molecule has 1 aromatic rings. The van der Waals surface area contributed by atoms with Crippen molar-refractivity contribution in [3.8, 4) is 17.2 Å². The molecule has 0 aliphatic heterocycles. The van der Waals surface area contributed by atoms with E-state index < -0.39 is 0 Å². The minimum atomic E-state index is 0.432. The summed E-state index contributed by atoms with van der Waals surface area (Å²) in [5.74, 6) is 2.51. The summed E-state index contributed by atoms with van der Waals surface area (Å²) in [7, 11) is 3.27. The van der Waals surface area contributed by atoms with Gasteiger partial charge in [0.25, 0.3) is 0 Å². The quantitative estimate of drug-likeness (QED) is 0.698. The third-order valence-electron chi connectivity index (χ3n) is 2.81. The maximum absolute atomic E-state index is 5.85. The second-order valence-electron chi connectivity index (χ2n) is 4.61. The van der Waals surface area contributed by atoms with Crippen LogP contribution in [0.2, 0.25) is 0 Å². The number of nitrogens with one attached hydrogen (secondary N) is 1. The first-order valence-electron chi connectivity index (χ1n) is 6.77. The smallest absolute Gasteiger partial charge is 0.203 e. The van der Waals surface area contributed by atoms with Gasteiger partial charge < -0.3 is 19.5 Å². The first kappa shape index (κ1) is 15.6. The zero-order valence-corrected chi connectivity index (χ0v) is 12.4. The van der Waals surface area contributed by atoms with Gasteiger partial charge in [0.2, 0.25) is 5.75 Å². The molecule has 1 N–H and O–H groups in total. The van der Waals surface area contributed by atoms with Crippen molar-refractivity contribution in [1.82, 2.24) is 5.32 Å². The van der Waals surface area contributed by atoms with E-state index in [0.717, 1.165) is 19.5 Å². The third-order valence-corrected chi connectivity index (χ3v) is 2.81. The maximum atomic E-state index is 5.85. The molecule has 0 aliphatic carbocycles. The van der Waals surface area contributed by atoms with Gasteiger partial charge >= 0.3 is 0 Å². The highest BCUT2D eigenvalue weighted by Crippen LogP contribution is 2.36. The fraction of sp³-hybridized carbons (Fsp3) is 0.600. The molecule has 0 aliphatic rings. The fourth-order valence-corrected chi connectivity index (χ4v) is 1.77. The molecule has 1 atom stereocenters. The minimum Gasteiger partial charge on any atom is -0.493 e. The molecule has 1 rings (SSSR count). The summed E-state index contributed by atoms with van der Waals surface area (Å²) in [6, 6.07) is 5.63. The van der Waals surface area contributed by atoms with E-state index in [9.17, 15) is 0 Å².